The number of carbonyl (C=O) groups excluding carboxylic acids is 2. The zero-order valence-corrected chi connectivity index (χ0v) is 19.3. The summed E-state index contributed by atoms with van der Waals surface area (Å²) in [5.41, 5.74) is 1.29. The summed E-state index contributed by atoms with van der Waals surface area (Å²) in [6.07, 6.45) is 1.71. The number of amides is 2. The molecule has 1 saturated heterocycles. The highest BCUT2D eigenvalue weighted by atomic mass is 32.2. The van der Waals surface area contributed by atoms with Crippen molar-refractivity contribution < 1.29 is 24.2 Å². The van der Waals surface area contributed by atoms with Crippen molar-refractivity contribution >= 4 is 57.8 Å². The first kappa shape index (κ1) is 23.2. The minimum atomic E-state index is -1.06. The standard InChI is InChI=1S/C25H18N2O5S2/c28-22(26-18-11-9-17(10-12-18)24(30)31)15-27-23(29)21(34-25(27)33)14-16-5-4-8-20(13-16)32-19-6-2-1-3-7-19/h1-14H,15H2,(H,26,28)(H,30,31)/b21-14-. The second kappa shape index (κ2) is 10.3. The maximum Gasteiger partial charge on any atom is 0.335 e. The van der Waals surface area contributed by atoms with Crippen LogP contribution in [-0.4, -0.2) is 38.7 Å². The molecule has 170 valence electrons. The van der Waals surface area contributed by atoms with E-state index in [-0.39, 0.29) is 22.3 Å². The Hall–Kier alpha value is -3.95. The van der Waals surface area contributed by atoms with Crippen LogP contribution < -0.4 is 10.1 Å². The van der Waals surface area contributed by atoms with Gasteiger partial charge in [0.15, 0.2) is 0 Å². The van der Waals surface area contributed by atoms with Crippen LogP contribution in [-0.2, 0) is 9.59 Å². The first-order valence-electron chi connectivity index (χ1n) is 10.1. The number of thiocarbonyl (C=S) groups is 1. The van der Waals surface area contributed by atoms with E-state index in [0.29, 0.717) is 22.1 Å². The van der Waals surface area contributed by atoms with Crippen molar-refractivity contribution in [1.29, 1.82) is 0 Å². The second-order valence-corrected chi connectivity index (χ2v) is 8.86. The molecule has 0 aromatic heterocycles. The Morgan fingerprint density at radius 1 is 1.00 bits per heavy atom. The van der Waals surface area contributed by atoms with Gasteiger partial charge in [-0.3, -0.25) is 14.5 Å². The zero-order valence-electron chi connectivity index (χ0n) is 17.6. The van der Waals surface area contributed by atoms with Crippen LogP contribution >= 0.6 is 24.0 Å². The summed E-state index contributed by atoms with van der Waals surface area (Å²) in [5.74, 6) is -0.530. The number of anilines is 1. The van der Waals surface area contributed by atoms with Gasteiger partial charge in [-0.25, -0.2) is 4.79 Å². The van der Waals surface area contributed by atoms with Crippen molar-refractivity contribution in [2.75, 3.05) is 11.9 Å². The number of nitrogens with zero attached hydrogens (tertiary/aromatic N) is 1. The number of para-hydroxylation sites is 1. The molecule has 3 aromatic carbocycles. The summed E-state index contributed by atoms with van der Waals surface area (Å²) in [7, 11) is 0. The van der Waals surface area contributed by atoms with Gasteiger partial charge in [0.25, 0.3) is 5.91 Å². The minimum Gasteiger partial charge on any atom is -0.478 e. The zero-order chi connectivity index (χ0) is 24.1. The minimum absolute atomic E-state index is 0.110. The lowest BCUT2D eigenvalue weighted by Gasteiger charge is -2.14. The number of aromatic carboxylic acids is 1. The number of hydrogen-bond donors (Lipinski definition) is 2. The van der Waals surface area contributed by atoms with E-state index in [0.717, 1.165) is 17.3 Å². The van der Waals surface area contributed by atoms with Gasteiger partial charge in [0.2, 0.25) is 5.91 Å². The second-order valence-electron chi connectivity index (χ2n) is 7.19. The van der Waals surface area contributed by atoms with Gasteiger partial charge in [0.1, 0.15) is 22.4 Å². The normalized spacial score (nSPS) is 14.4. The predicted molar refractivity (Wildman–Crippen MR) is 135 cm³/mol. The number of ether oxygens (including phenoxy) is 1. The van der Waals surface area contributed by atoms with Crippen molar-refractivity contribution in [3.05, 3.63) is 94.9 Å². The van der Waals surface area contributed by atoms with E-state index >= 15 is 0 Å². The van der Waals surface area contributed by atoms with Gasteiger partial charge >= 0.3 is 5.97 Å². The SMILES string of the molecule is O=C(CN1C(=O)/C(=C/c2cccc(Oc3ccccc3)c2)SC1=S)Nc1ccc(C(=O)O)cc1. The van der Waals surface area contributed by atoms with Crippen molar-refractivity contribution in [2.45, 2.75) is 0 Å². The van der Waals surface area contributed by atoms with Gasteiger partial charge in [-0.2, -0.15) is 0 Å². The Morgan fingerprint density at radius 2 is 1.71 bits per heavy atom. The average Bonchev–Trinajstić information content (AvgIpc) is 3.07. The molecule has 4 rings (SSSR count). The van der Waals surface area contributed by atoms with E-state index in [1.807, 2.05) is 54.6 Å². The molecule has 0 aliphatic carbocycles. The third-order valence-electron chi connectivity index (χ3n) is 4.73. The number of rotatable bonds is 7. The molecule has 0 radical (unpaired) electrons. The number of benzene rings is 3. The van der Waals surface area contributed by atoms with Crippen LogP contribution in [0.4, 0.5) is 5.69 Å². The molecule has 9 heteroatoms. The van der Waals surface area contributed by atoms with Crippen LogP contribution in [0, 0.1) is 0 Å². The van der Waals surface area contributed by atoms with Crippen molar-refractivity contribution in [3.63, 3.8) is 0 Å². The summed E-state index contributed by atoms with van der Waals surface area (Å²) < 4.78 is 6.12. The van der Waals surface area contributed by atoms with Crippen molar-refractivity contribution in [1.82, 2.24) is 4.90 Å². The average molecular weight is 491 g/mol. The fourth-order valence-corrected chi connectivity index (χ4v) is 4.38. The molecule has 2 amide bonds. The van der Waals surface area contributed by atoms with Gasteiger partial charge in [-0.15, -0.1) is 0 Å². The monoisotopic (exact) mass is 490 g/mol. The van der Waals surface area contributed by atoms with Crippen LogP contribution in [0.2, 0.25) is 0 Å². The summed E-state index contributed by atoms with van der Waals surface area (Å²) in [6, 6.07) is 22.4. The summed E-state index contributed by atoms with van der Waals surface area (Å²) >= 11 is 6.43. The smallest absolute Gasteiger partial charge is 0.335 e. The maximum absolute atomic E-state index is 12.9. The summed E-state index contributed by atoms with van der Waals surface area (Å²) in [4.78, 5) is 37.9. The predicted octanol–water partition coefficient (Wildman–Crippen LogP) is 5.02. The number of nitrogens with one attached hydrogen (secondary N) is 1. The molecule has 1 aliphatic heterocycles. The quantitative estimate of drug-likeness (QED) is 0.355. The number of thioether (sulfide) groups is 1. The van der Waals surface area contributed by atoms with Crippen LogP contribution in [0.25, 0.3) is 6.08 Å². The van der Waals surface area contributed by atoms with Crippen LogP contribution in [0.1, 0.15) is 15.9 Å². The highest BCUT2D eigenvalue weighted by Gasteiger charge is 2.33. The molecule has 7 nitrogen and oxygen atoms in total. The molecule has 3 aromatic rings. The van der Waals surface area contributed by atoms with Gasteiger partial charge < -0.3 is 15.2 Å². The lowest BCUT2D eigenvalue weighted by atomic mass is 10.2. The van der Waals surface area contributed by atoms with Crippen molar-refractivity contribution in [3.8, 4) is 11.5 Å². The third kappa shape index (κ3) is 5.69. The Kier molecular flexibility index (Phi) is 7.05. The maximum atomic E-state index is 12.9. The summed E-state index contributed by atoms with van der Waals surface area (Å²) in [5, 5.41) is 11.6. The molecular formula is C25H18N2O5S2. The molecule has 34 heavy (non-hydrogen) atoms. The number of carboxylic acid groups (broad SMARTS) is 1. The Labute approximate surface area is 205 Å². The fourth-order valence-electron chi connectivity index (χ4n) is 3.12. The first-order valence-corrected chi connectivity index (χ1v) is 11.3. The highest BCUT2D eigenvalue weighted by Crippen LogP contribution is 2.33. The Balaban J connectivity index is 1.41. The largest absolute Gasteiger partial charge is 0.478 e. The molecule has 1 aliphatic rings. The molecule has 1 heterocycles. The fraction of sp³-hybridized carbons (Fsp3) is 0.0400. The molecule has 0 spiro atoms. The van der Waals surface area contributed by atoms with E-state index in [9.17, 15) is 14.4 Å². The van der Waals surface area contributed by atoms with Crippen LogP contribution in [0.3, 0.4) is 0 Å². The van der Waals surface area contributed by atoms with Crippen molar-refractivity contribution in [2.24, 2.45) is 0 Å². The molecule has 0 bridgehead atoms. The van der Waals surface area contributed by atoms with E-state index in [1.54, 1.807) is 6.08 Å². The Morgan fingerprint density at radius 3 is 2.41 bits per heavy atom. The molecule has 2 N–H and O–H groups in total. The molecule has 0 saturated carbocycles. The van der Waals surface area contributed by atoms with Crippen LogP contribution in [0.15, 0.2) is 83.8 Å². The van der Waals surface area contributed by atoms with Gasteiger partial charge in [-0.05, 0) is 60.2 Å². The topological polar surface area (TPSA) is 95.9 Å². The van der Waals surface area contributed by atoms with E-state index < -0.39 is 11.9 Å². The third-order valence-corrected chi connectivity index (χ3v) is 6.10. The van der Waals surface area contributed by atoms with Gasteiger partial charge in [0.05, 0.1) is 10.5 Å². The van der Waals surface area contributed by atoms with Gasteiger partial charge in [0, 0.05) is 5.69 Å². The Bertz CT molecular complexity index is 1290. The first-order chi connectivity index (χ1) is 16.4. The highest BCUT2D eigenvalue weighted by molar-refractivity contribution is 8.26. The lowest BCUT2D eigenvalue weighted by Crippen LogP contribution is -2.36. The van der Waals surface area contributed by atoms with E-state index in [2.05, 4.69) is 5.32 Å². The number of carboxylic acids is 1. The molecular weight excluding hydrogens is 472 g/mol. The van der Waals surface area contributed by atoms with Crippen LogP contribution in [0.5, 0.6) is 11.5 Å². The lowest BCUT2D eigenvalue weighted by molar-refractivity contribution is -0.126. The van der Waals surface area contributed by atoms with E-state index in [4.69, 9.17) is 22.1 Å². The van der Waals surface area contributed by atoms with E-state index in [1.165, 1.54) is 29.2 Å². The summed E-state index contributed by atoms with van der Waals surface area (Å²) in [6.45, 7) is -0.250. The number of hydrogen-bond acceptors (Lipinski definition) is 6. The van der Waals surface area contributed by atoms with Gasteiger partial charge in [-0.1, -0.05) is 54.3 Å². The molecule has 0 unspecified atom stereocenters. The number of carbonyl (C=O) groups is 3. The molecule has 0 atom stereocenters. The molecule has 1 fully saturated rings.